The van der Waals surface area contributed by atoms with Gasteiger partial charge < -0.3 is 9.84 Å². The van der Waals surface area contributed by atoms with Crippen LogP contribution in [0.25, 0.3) is 22.0 Å². The Kier molecular flexibility index (Phi) is 3.78. The number of nitrogens with zero attached hydrogens (tertiary/aromatic N) is 2. The summed E-state index contributed by atoms with van der Waals surface area (Å²) in [5.74, 6) is -0.943. The summed E-state index contributed by atoms with van der Waals surface area (Å²) < 4.78 is 7.66. The van der Waals surface area contributed by atoms with Gasteiger partial charge in [-0.25, -0.2) is 9.48 Å². The summed E-state index contributed by atoms with van der Waals surface area (Å²) in [7, 11) is 0. The zero-order valence-corrected chi connectivity index (χ0v) is 13.2. The first-order valence-electron chi connectivity index (χ1n) is 8.15. The molecular formula is C19H18N2O3. The molecule has 2 heterocycles. The molecular weight excluding hydrogens is 304 g/mol. The third kappa shape index (κ3) is 2.57. The SMILES string of the molecule is O=C(O)c1cc(-c2ccccc2)cc2c1cnn2C1CCCCO1. The highest BCUT2D eigenvalue weighted by atomic mass is 16.5. The first kappa shape index (κ1) is 14.9. The Morgan fingerprint density at radius 1 is 1.17 bits per heavy atom. The Morgan fingerprint density at radius 3 is 2.71 bits per heavy atom. The molecule has 0 saturated carbocycles. The highest BCUT2D eigenvalue weighted by molar-refractivity contribution is 6.04. The lowest BCUT2D eigenvalue weighted by molar-refractivity contribution is -0.0366. The third-order valence-corrected chi connectivity index (χ3v) is 4.48. The summed E-state index contributed by atoms with van der Waals surface area (Å²) in [6.07, 6.45) is 4.56. The van der Waals surface area contributed by atoms with Crippen LogP contribution in [-0.4, -0.2) is 27.5 Å². The number of carboxylic acid groups (broad SMARTS) is 1. The molecule has 1 N–H and O–H groups in total. The molecule has 0 amide bonds. The van der Waals surface area contributed by atoms with E-state index in [1.165, 1.54) is 0 Å². The zero-order valence-electron chi connectivity index (χ0n) is 13.2. The van der Waals surface area contributed by atoms with Crippen molar-refractivity contribution in [3.05, 3.63) is 54.2 Å². The molecule has 1 atom stereocenters. The molecule has 0 bridgehead atoms. The Morgan fingerprint density at radius 2 is 2.00 bits per heavy atom. The number of ether oxygens (including phenoxy) is 1. The third-order valence-electron chi connectivity index (χ3n) is 4.48. The van der Waals surface area contributed by atoms with Crippen LogP contribution in [0.2, 0.25) is 0 Å². The predicted octanol–water partition coefficient (Wildman–Crippen LogP) is 4.10. The van der Waals surface area contributed by atoms with Gasteiger partial charge in [0.15, 0.2) is 6.23 Å². The van der Waals surface area contributed by atoms with Crippen molar-refractivity contribution in [3.63, 3.8) is 0 Å². The van der Waals surface area contributed by atoms with E-state index in [4.69, 9.17) is 4.74 Å². The fourth-order valence-corrected chi connectivity index (χ4v) is 3.27. The van der Waals surface area contributed by atoms with Crippen LogP contribution in [0.5, 0.6) is 0 Å². The van der Waals surface area contributed by atoms with Gasteiger partial charge in [-0.1, -0.05) is 30.3 Å². The molecule has 1 saturated heterocycles. The normalized spacial score (nSPS) is 17.9. The maximum absolute atomic E-state index is 11.7. The summed E-state index contributed by atoms with van der Waals surface area (Å²) >= 11 is 0. The number of benzene rings is 2. The van der Waals surface area contributed by atoms with E-state index in [0.717, 1.165) is 42.5 Å². The standard InChI is InChI=1S/C19H18N2O3/c22-19(23)15-10-14(13-6-2-1-3-7-13)11-17-16(15)12-20-21(17)18-8-4-5-9-24-18/h1-3,6-7,10-12,18H,4-5,8-9H2,(H,22,23). The van der Waals surface area contributed by atoms with Crippen molar-refractivity contribution in [2.24, 2.45) is 0 Å². The summed E-state index contributed by atoms with van der Waals surface area (Å²) in [5, 5.41) is 14.7. The largest absolute Gasteiger partial charge is 0.478 e. The highest BCUT2D eigenvalue weighted by Crippen LogP contribution is 2.31. The molecule has 3 aromatic rings. The fourth-order valence-electron chi connectivity index (χ4n) is 3.27. The molecule has 1 aliphatic heterocycles. The van der Waals surface area contributed by atoms with E-state index in [9.17, 15) is 9.90 Å². The second-order valence-electron chi connectivity index (χ2n) is 6.04. The van der Waals surface area contributed by atoms with E-state index < -0.39 is 5.97 Å². The molecule has 4 rings (SSSR count). The minimum Gasteiger partial charge on any atom is -0.478 e. The van der Waals surface area contributed by atoms with Gasteiger partial charge >= 0.3 is 5.97 Å². The Labute approximate surface area is 139 Å². The molecule has 1 aliphatic rings. The molecule has 1 aromatic heterocycles. The van der Waals surface area contributed by atoms with E-state index in [0.29, 0.717) is 5.39 Å². The van der Waals surface area contributed by atoms with Gasteiger partial charge in [-0.05, 0) is 42.5 Å². The number of hydrogen-bond donors (Lipinski definition) is 1. The molecule has 2 aromatic carbocycles. The first-order chi connectivity index (χ1) is 11.7. The molecule has 0 radical (unpaired) electrons. The summed E-state index contributed by atoms with van der Waals surface area (Å²) in [6, 6.07) is 13.5. The molecule has 24 heavy (non-hydrogen) atoms. The van der Waals surface area contributed by atoms with Gasteiger partial charge in [-0.2, -0.15) is 5.10 Å². The summed E-state index contributed by atoms with van der Waals surface area (Å²) in [4.78, 5) is 11.7. The maximum Gasteiger partial charge on any atom is 0.336 e. The van der Waals surface area contributed by atoms with Crippen LogP contribution >= 0.6 is 0 Å². The number of carboxylic acids is 1. The number of aromatic carboxylic acids is 1. The van der Waals surface area contributed by atoms with Crippen molar-refractivity contribution < 1.29 is 14.6 Å². The van der Waals surface area contributed by atoms with E-state index >= 15 is 0 Å². The zero-order chi connectivity index (χ0) is 16.5. The summed E-state index contributed by atoms with van der Waals surface area (Å²) in [5.41, 5.74) is 2.94. The van der Waals surface area contributed by atoms with E-state index in [-0.39, 0.29) is 11.8 Å². The minimum absolute atomic E-state index is 0.121. The molecule has 0 aliphatic carbocycles. The van der Waals surface area contributed by atoms with Crippen LogP contribution in [0.3, 0.4) is 0 Å². The van der Waals surface area contributed by atoms with Gasteiger partial charge in [-0.15, -0.1) is 0 Å². The Bertz CT molecular complexity index is 880. The number of carbonyl (C=O) groups is 1. The van der Waals surface area contributed by atoms with Crippen LogP contribution in [0.1, 0.15) is 35.8 Å². The van der Waals surface area contributed by atoms with Crippen LogP contribution in [-0.2, 0) is 4.74 Å². The Balaban J connectivity index is 1.91. The van der Waals surface area contributed by atoms with Gasteiger partial charge in [0, 0.05) is 12.0 Å². The highest BCUT2D eigenvalue weighted by Gasteiger charge is 2.21. The number of aromatic nitrogens is 2. The van der Waals surface area contributed by atoms with E-state index in [2.05, 4.69) is 5.10 Å². The lowest BCUT2D eigenvalue weighted by atomic mass is 10.00. The van der Waals surface area contributed by atoms with Crippen molar-refractivity contribution in [1.29, 1.82) is 0 Å². The summed E-state index contributed by atoms with van der Waals surface area (Å²) in [6.45, 7) is 0.718. The molecule has 5 heteroatoms. The van der Waals surface area contributed by atoms with Crippen LogP contribution in [0.15, 0.2) is 48.7 Å². The van der Waals surface area contributed by atoms with Gasteiger partial charge in [0.2, 0.25) is 0 Å². The van der Waals surface area contributed by atoms with Crippen molar-refractivity contribution in [2.75, 3.05) is 6.61 Å². The monoisotopic (exact) mass is 322 g/mol. The average Bonchev–Trinajstić information content (AvgIpc) is 3.06. The molecule has 5 nitrogen and oxygen atoms in total. The first-order valence-corrected chi connectivity index (χ1v) is 8.15. The maximum atomic E-state index is 11.7. The van der Waals surface area contributed by atoms with E-state index in [1.807, 2.05) is 41.1 Å². The van der Waals surface area contributed by atoms with Gasteiger partial charge in [0.25, 0.3) is 0 Å². The molecule has 1 unspecified atom stereocenters. The topological polar surface area (TPSA) is 64.3 Å². The van der Waals surface area contributed by atoms with Crippen molar-refractivity contribution in [3.8, 4) is 11.1 Å². The van der Waals surface area contributed by atoms with E-state index in [1.54, 1.807) is 12.3 Å². The van der Waals surface area contributed by atoms with Gasteiger partial charge in [0.05, 0.1) is 17.3 Å². The second-order valence-corrected chi connectivity index (χ2v) is 6.04. The molecule has 1 fully saturated rings. The number of rotatable bonds is 3. The van der Waals surface area contributed by atoms with Gasteiger partial charge in [0.1, 0.15) is 0 Å². The quantitative estimate of drug-likeness (QED) is 0.788. The number of fused-ring (bicyclic) bond motifs is 1. The second kappa shape index (κ2) is 6.09. The van der Waals surface area contributed by atoms with Crippen LogP contribution in [0, 0.1) is 0 Å². The smallest absolute Gasteiger partial charge is 0.336 e. The molecule has 0 spiro atoms. The fraction of sp³-hybridized carbons (Fsp3) is 0.263. The predicted molar refractivity (Wildman–Crippen MR) is 91.0 cm³/mol. The lowest BCUT2D eigenvalue weighted by Crippen LogP contribution is -2.19. The minimum atomic E-state index is -0.943. The van der Waals surface area contributed by atoms with Crippen molar-refractivity contribution in [1.82, 2.24) is 9.78 Å². The lowest BCUT2D eigenvalue weighted by Gasteiger charge is -2.23. The molecule has 122 valence electrons. The van der Waals surface area contributed by atoms with Gasteiger partial charge in [-0.3, -0.25) is 0 Å². The van der Waals surface area contributed by atoms with Crippen LogP contribution < -0.4 is 0 Å². The average molecular weight is 322 g/mol. The number of hydrogen-bond acceptors (Lipinski definition) is 3. The van der Waals surface area contributed by atoms with Crippen molar-refractivity contribution in [2.45, 2.75) is 25.5 Å². The Hall–Kier alpha value is -2.66. The van der Waals surface area contributed by atoms with Crippen molar-refractivity contribution >= 4 is 16.9 Å². The van der Waals surface area contributed by atoms with Crippen LogP contribution in [0.4, 0.5) is 0 Å².